The molecule has 0 aromatic heterocycles. The molecule has 7 heteroatoms. The van der Waals surface area contributed by atoms with Crippen molar-refractivity contribution in [2.75, 3.05) is 0 Å². The standard InChI is InChI=1S/C17H15F3O3S/c18-17(19,20)23-16(24,11-10-15(21)22)14-8-6-13(7-9-14)12-4-2-1-3-5-12/h1-9,24H,10-11H2,(H,21,22). The van der Waals surface area contributed by atoms with Crippen LogP contribution in [0.25, 0.3) is 11.1 Å². The lowest BCUT2D eigenvalue weighted by molar-refractivity contribution is -0.353. The molecule has 0 aliphatic rings. The van der Waals surface area contributed by atoms with Crippen LogP contribution in [0.15, 0.2) is 54.6 Å². The van der Waals surface area contributed by atoms with Crippen LogP contribution in [-0.4, -0.2) is 17.4 Å². The van der Waals surface area contributed by atoms with Gasteiger partial charge in [0.15, 0.2) is 0 Å². The molecule has 3 nitrogen and oxygen atoms in total. The fraction of sp³-hybridized carbons (Fsp3) is 0.235. The lowest BCUT2D eigenvalue weighted by Gasteiger charge is -2.29. The number of alkyl halides is 3. The number of carboxylic acids is 1. The van der Waals surface area contributed by atoms with Gasteiger partial charge in [0.25, 0.3) is 0 Å². The quantitative estimate of drug-likeness (QED) is 0.575. The van der Waals surface area contributed by atoms with Gasteiger partial charge in [-0.2, -0.15) is 0 Å². The summed E-state index contributed by atoms with van der Waals surface area (Å²) in [6.07, 6.45) is -5.85. The molecule has 2 aromatic rings. The molecule has 0 saturated heterocycles. The van der Waals surface area contributed by atoms with E-state index in [-0.39, 0.29) is 5.56 Å². The van der Waals surface area contributed by atoms with Gasteiger partial charge in [0.05, 0.1) is 0 Å². The maximum absolute atomic E-state index is 12.7. The van der Waals surface area contributed by atoms with Gasteiger partial charge in [-0.3, -0.25) is 9.53 Å². The fourth-order valence-electron chi connectivity index (χ4n) is 2.28. The summed E-state index contributed by atoms with van der Waals surface area (Å²) in [7, 11) is 0. The third kappa shape index (κ3) is 5.01. The van der Waals surface area contributed by atoms with E-state index in [1.807, 2.05) is 30.3 Å². The lowest BCUT2D eigenvalue weighted by Crippen LogP contribution is -2.31. The van der Waals surface area contributed by atoms with Crippen LogP contribution in [0.2, 0.25) is 0 Å². The monoisotopic (exact) mass is 356 g/mol. The largest absolute Gasteiger partial charge is 0.524 e. The van der Waals surface area contributed by atoms with Crippen molar-refractivity contribution in [3.8, 4) is 11.1 Å². The molecular formula is C17H15F3O3S. The fourth-order valence-corrected chi connectivity index (χ4v) is 2.64. The average Bonchev–Trinajstić information content (AvgIpc) is 2.52. The molecule has 128 valence electrons. The van der Waals surface area contributed by atoms with E-state index in [9.17, 15) is 18.0 Å². The van der Waals surface area contributed by atoms with E-state index in [0.29, 0.717) is 0 Å². The molecule has 0 heterocycles. The maximum Gasteiger partial charge on any atom is 0.524 e. The summed E-state index contributed by atoms with van der Waals surface area (Å²) in [6, 6.07) is 15.5. The first kappa shape index (κ1) is 18.4. The zero-order valence-electron chi connectivity index (χ0n) is 12.5. The van der Waals surface area contributed by atoms with E-state index in [4.69, 9.17) is 5.11 Å². The van der Waals surface area contributed by atoms with Gasteiger partial charge in [-0.05, 0) is 16.7 Å². The Labute approximate surface area is 142 Å². The minimum atomic E-state index is -4.93. The Morgan fingerprint density at radius 2 is 1.54 bits per heavy atom. The molecule has 0 bridgehead atoms. The first-order valence-electron chi connectivity index (χ1n) is 7.07. The average molecular weight is 356 g/mol. The van der Waals surface area contributed by atoms with E-state index in [1.165, 1.54) is 12.1 Å². The Morgan fingerprint density at radius 1 is 1.00 bits per heavy atom. The van der Waals surface area contributed by atoms with Crippen molar-refractivity contribution in [2.45, 2.75) is 24.1 Å². The topological polar surface area (TPSA) is 46.5 Å². The first-order valence-corrected chi connectivity index (χ1v) is 7.51. The van der Waals surface area contributed by atoms with Crippen LogP contribution >= 0.6 is 12.6 Å². The molecule has 0 aliphatic carbocycles. The van der Waals surface area contributed by atoms with E-state index < -0.39 is 30.1 Å². The van der Waals surface area contributed by atoms with Crippen LogP contribution in [0.4, 0.5) is 13.2 Å². The molecular weight excluding hydrogens is 341 g/mol. The van der Waals surface area contributed by atoms with Gasteiger partial charge in [0.2, 0.25) is 0 Å². The van der Waals surface area contributed by atoms with E-state index >= 15 is 0 Å². The Hall–Kier alpha value is -1.99. The summed E-state index contributed by atoms with van der Waals surface area (Å²) >= 11 is 3.99. The van der Waals surface area contributed by atoms with Gasteiger partial charge in [-0.1, -0.05) is 54.6 Å². The number of thiol groups is 1. The van der Waals surface area contributed by atoms with Crippen molar-refractivity contribution in [1.82, 2.24) is 0 Å². The van der Waals surface area contributed by atoms with Crippen molar-refractivity contribution in [3.63, 3.8) is 0 Å². The molecule has 0 fully saturated rings. The second-order valence-electron chi connectivity index (χ2n) is 5.17. The van der Waals surface area contributed by atoms with Gasteiger partial charge in [0.1, 0.15) is 4.93 Å². The van der Waals surface area contributed by atoms with Crippen molar-refractivity contribution in [3.05, 3.63) is 60.2 Å². The van der Waals surface area contributed by atoms with Gasteiger partial charge >= 0.3 is 12.3 Å². The van der Waals surface area contributed by atoms with Gasteiger partial charge < -0.3 is 5.11 Å². The molecule has 0 saturated carbocycles. The zero-order valence-corrected chi connectivity index (χ0v) is 13.3. The van der Waals surface area contributed by atoms with Crippen LogP contribution in [0.1, 0.15) is 18.4 Å². The summed E-state index contributed by atoms with van der Waals surface area (Å²) in [5.41, 5.74) is 1.88. The molecule has 0 radical (unpaired) electrons. The normalized spacial score (nSPS) is 14.2. The second kappa shape index (κ2) is 7.27. The van der Waals surface area contributed by atoms with Crippen molar-refractivity contribution in [1.29, 1.82) is 0 Å². The molecule has 1 N–H and O–H groups in total. The van der Waals surface area contributed by atoms with E-state index in [2.05, 4.69) is 17.4 Å². The third-order valence-electron chi connectivity index (χ3n) is 3.41. The number of aliphatic carboxylic acids is 1. The van der Waals surface area contributed by atoms with Crippen LogP contribution in [0, 0.1) is 0 Å². The second-order valence-corrected chi connectivity index (χ2v) is 5.89. The van der Waals surface area contributed by atoms with Crippen LogP contribution in [0.5, 0.6) is 0 Å². The van der Waals surface area contributed by atoms with Gasteiger partial charge in [-0.15, -0.1) is 25.8 Å². The predicted molar refractivity (Wildman–Crippen MR) is 86.6 cm³/mol. The molecule has 1 atom stereocenters. The first-order chi connectivity index (χ1) is 11.2. The molecule has 24 heavy (non-hydrogen) atoms. The number of hydrogen-bond donors (Lipinski definition) is 2. The molecule has 0 aliphatic heterocycles. The Bertz CT molecular complexity index is 686. The minimum Gasteiger partial charge on any atom is -0.481 e. The summed E-state index contributed by atoms with van der Waals surface area (Å²) < 4.78 is 42.2. The van der Waals surface area contributed by atoms with Crippen molar-refractivity contribution >= 4 is 18.6 Å². The van der Waals surface area contributed by atoms with Crippen LogP contribution < -0.4 is 0 Å². The van der Waals surface area contributed by atoms with Crippen LogP contribution in [0.3, 0.4) is 0 Å². The van der Waals surface area contributed by atoms with Gasteiger partial charge in [-0.25, -0.2) is 0 Å². The third-order valence-corrected chi connectivity index (χ3v) is 3.98. The Morgan fingerprint density at radius 3 is 2.04 bits per heavy atom. The van der Waals surface area contributed by atoms with E-state index in [1.54, 1.807) is 12.1 Å². The van der Waals surface area contributed by atoms with E-state index in [0.717, 1.165) is 11.1 Å². The molecule has 2 rings (SSSR count). The maximum atomic E-state index is 12.7. The molecule has 2 aromatic carbocycles. The highest BCUT2D eigenvalue weighted by Crippen LogP contribution is 2.41. The number of rotatable bonds is 6. The highest BCUT2D eigenvalue weighted by Gasteiger charge is 2.42. The highest BCUT2D eigenvalue weighted by molar-refractivity contribution is 7.81. The summed E-state index contributed by atoms with van der Waals surface area (Å²) in [5.74, 6) is -1.22. The predicted octanol–water partition coefficient (Wildman–Crippen LogP) is 4.84. The molecule has 0 amide bonds. The Balaban J connectivity index is 2.30. The smallest absolute Gasteiger partial charge is 0.481 e. The molecule has 0 spiro atoms. The number of carbonyl (C=O) groups is 1. The van der Waals surface area contributed by atoms with Crippen LogP contribution in [-0.2, 0) is 14.5 Å². The summed E-state index contributed by atoms with van der Waals surface area (Å²) in [4.78, 5) is 8.65. The highest BCUT2D eigenvalue weighted by atomic mass is 32.1. The summed E-state index contributed by atoms with van der Waals surface area (Å²) in [5, 5.41) is 8.74. The Kier molecular flexibility index (Phi) is 5.56. The number of carboxylic acid groups (broad SMARTS) is 1. The number of halogens is 3. The number of ether oxygens (including phenoxy) is 1. The SMILES string of the molecule is O=C(O)CCC(S)(OC(F)(F)F)c1ccc(-c2ccccc2)cc1. The minimum absolute atomic E-state index is 0.143. The number of hydrogen-bond acceptors (Lipinski definition) is 3. The summed E-state index contributed by atoms with van der Waals surface area (Å²) in [6.45, 7) is 0. The van der Waals surface area contributed by atoms with Crippen molar-refractivity contribution in [2.24, 2.45) is 0 Å². The van der Waals surface area contributed by atoms with Crippen molar-refractivity contribution < 1.29 is 27.8 Å². The number of benzene rings is 2. The van der Waals surface area contributed by atoms with Gasteiger partial charge in [0, 0.05) is 12.8 Å². The zero-order chi connectivity index (χ0) is 17.8. The molecule has 1 unspecified atom stereocenters. The lowest BCUT2D eigenvalue weighted by atomic mass is 9.99.